The van der Waals surface area contributed by atoms with E-state index in [0.29, 0.717) is 11.4 Å². The summed E-state index contributed by atoms with van der Waals surface area (Å²) in [6.45, 7) is 5.85. The number of nitrogens with zero attached hydrogens (tertiary/aromatic N) is 1. The molecule has 1 N–H and O–H groups in total. The van der Waals surface area contributed by atoms with Gasteiger partial charge >= 0.3 is 0 Å². The lowest BCUT2D eigenvalue weighted by atomic mass is 9.67. The zero-order valence-corrected chi connectivity index (χ0v) is 15.8. The quantitative estimate of drug-likeness (QED) is 0.628. The lowest BCUT2D eigenvalue weighted by Crippen LogP contribution is -2.56. The van der Waals surface area contributed by atoms with E-state index in [1.165, 1.54) is 6.07 Å². The van der Waals surface area contributed by atoms with Crippen molar-refractivity contribution in [1.29, 1.82) is 0 Å². The van der Waals surface area contributed by atoms with E-state index >= 15 is 0 Å². The molecule has 1 heterocycles. The molecule has 0 aromatic heterocycles. The number of hydrogen-bond donors (Lipinski definition) is 1. The van der Waals surface area contributed by atoms with Crippen LogP contribution in [0.5, 0.6) is 5.75 Å². The first-order valence-corrected chi connectivity index (χ1v) is 9.01. The molecule has 5 heteroatoms. The average molecular weight is 372 g/mol. The van der Waals surface area contributed by atoms with Gasteiger partial charge in [-0.05, 0) is 55.2 Å². The van der Waals surface area contributed by atoms with Crippen LogP contribution >= 0.6 is 11.6 Å². The number of para-hydroxylation sites is 1. The second-order valence-corrected chi connectivity index (χ2v) is 7.98. The lowest BCUT2D eigenvalue weighted by molar-refractivity contribution is -0.127. The molecule has 26 heavy (non-hydrogen) atoms. The van der Waals surface area contributed by atoms with Gasteiger partial charge in [0.25, 0.3) is 0 Å². The van der Waals surface area contributed by atoms with Gasteiger partial charge in [-0.3, -0.25) is 9.59 Å². The Morgan fingerprint density at radius 3 is 2.38 bits per heavy atom. The Hall–Kier alpha value is -2.33. The molecule has 2 aromatic carbocycles. The van der Waals surface area contributed by atoms with Gasteiger partial charge < -0.3 is 10.0 Å². The summed E-state index contributed by atoms with van der Waals surface area (Å²) in [5, 5.41) is 10.7. The number of phenolic OH excluding ortho intramolecular Hbond substituents is 1. The second kappa shape index (κ2) is 6.76. The minimum absolute atomic E-state index is 0.0490. The average Bonchev–Trinajstić information content (AvgIpc) is 2.55. The summed E-state index contributed by atoms with van der Waals surface area (Å²) in [6.07, 6.45) is 0.672. The maximum Gasteiger partial charge on any atom is 0.238 e. The van der Waals surface area contributed by atoms with Crippen LogP contribution in [-0.2, 0) is 4.79 Å². The van der Waals surface area contributed by atoms with Crippen LogP contribution in [0.3, 0.4) is 0 Å². The van der Waals surface area contributed by atoms with E-state index in [4.69, 9.17) is 11.6 Å². The molecule has 0 bridgehead atoms. The maximum atomic E-state index is 13.4. The summed E-state index contributed by atoms with van der Waals surface area (Å²) >= 11 is 5.96. The van der Waals surface area contributed by atoms with Crippen LogP contribution in [0.15, 0.2) is 48.5 Å². The number of hydrogen-bond acceptors (Lipinski definition) is 3. The second-order valence-electron chi connectivity index (χ2n) is 7.54. The van der Waals surface area contributed by atoms with Crippen LogP contribution in [0.1, 0.15) is 37.6 Å². The SMILES string of the molecule is CC1CC(C)(C)C(C(=O)c2ccccc2O)C(=O)N1c1ccc(Cl)cc1. The molecule has 1 saturated heterocycles. The fourth-order valence-corrected chi connectivity index (χ4v) is 4.08. The molecule has 0 aliphatic carbocycles. The third-order valence-corrected chi connectivity index (χ3v) is 5.32. The third-order valence-electron chi connectivity index (χ3n) is 5.06. The van der Waals surface area contributed by atoms with Crippen LogP contribution < -0.4 is 4.90 Å². The van der Waals surface area contributed by atoms with E-state index in [1.54, 1.807) is 47.4 Å². The highest BCUT2D eigenvalue weighted by molar-refractivity contribution is 6.30. The van der Waals surface area contributed by atoms with Crippen molar-refractivity contribution < 1.29 is 14.7 Å². The van der Waals surface area contributed by atoms with Crippen LogP contribution in [0.2, 0.25) is 5.02 Å². The molecule has 0 saturated carbocycles. The van der Waals surface area contributed by atoms with E-state index in [-0.39, 0.29) is 29.0 Å². The Morgan fingerprint density at radius 2 is 1.77 bits per heavy atom. The first-order valence-electron chi connectivity index (χ1n) is 8.63. The maximum absolute atomic E-state index is 13.4. The van der Waals surface area contributed by atoms with Crippen molar-refractivity contribution in [3.05, 3.63) is 59.1 Å². The smallest absolute Gasteiger partial charge is 0.238 e. The molecular weight excluding hydrogens is 350 g/mol. The van der Waals surface area contributed by atoms with Crippen LogP contribution in [0, 0.1) is 11.3 Å². The zero-order valence-electron chi connectivity index (χ0n) is 15.1. The Morgan fingerprint density at radius 1 is 1.15 bits per heavy atom. The van der Waals surface area contributed by atoms with Gasteiger partial charge in [-0.2, -0.15) is 0 Å². The highest BCUT2D eigenvalue weighted by Crippen LogP contribution is 2.43. The van der Waals surface area contributed by atoms with Gasteiger partial charge in [-0.25, -0.2) is 0 Å². The first kappa shape index (κ1) is 18.5. The number of amides is 1. The van der Waals surface area contributed by atoms with Crippen LogP contribution in [0.4, 0.5) is 5.69 Å². The highest BCUT2D eigenvalue weighted by Gasteiger charge is 2.49. The Bertz CT molecular complexity index is 845. The minimum atomic E-state index is -0.859. The van der Waals surface area contributed by atoms with Crippen molar-refractivity contribution in [2.75, 3.05) is 4.90 Å². The Kier molecular flexibility index (Phi) is 4.80. The predicted octanol–water partition coefficient (Wildman–Crippen LogP) is 4.70. The molecule has 1 aliphatic heterocycles. The van der Waals surface area contributed by atoms with E-state index in [0.717, 1.165) is 5.69 Å². The van der Waals surface area contributed by atoms with Crippen molar-refractivity contribution >= 4 is 29.0 Å². The molecule has 136 valence electrons. The molecule has 1 fully saturated rings. The van der Waals surface area contributed by atoms with Gasteiger partial charge in [0.1, 0.15) is 11.7 Å². The lowest BCUT2D eigenvalue weighted by Gasteiger charge is -2.46. The molecule has 0 spiro atoms. The number of Topliss-reactive ketones (excluding diaryl/α,β-unsaturated/α-hetero) is 1. The van der Waals surface area contributed by atoms with Crippen molar-refractivity contribution in [3.63, 3.8) is 0 Å². The molecule has 0 radical (unpaired) electrons. The molecule has 2 aromatic rings. The number of rotatable bonds is 3. The van der Waals surface area contributed by atoms with Gasteiger partial charge in [-0.15, -0.1) is 0 Å². The van der Waals surface area contributed by atoms with Crippen molar-refractivity contribution in [2.24, 2.45) is 11.3 Å². The molecular formula is C21H22ClNO3. The monoisotopic (exact) mass is 371 g/mol. The number of carbonyl (C=O) groups excluding carboxylic acids is 2. The van der Waals surface area contributed by atoms with Crippen LogP contribution in [0.25, 0.3) is 0 Å². The fourth-order valence-electron chi connectivity index (χ4n) is 3.95. The summed E-state index contributed by atoms with van der Waals surface area (Å²) in [5.74, 6) is -1.55. The number of phenols is 1. The van der Waals surface area contributed by atoms with E-state index < -0.39 is 11.3 Å². The third kappa shape index (κ3) is 3.21. The van der Waals surface area contributed by atoms with E-state index in [1.807, 2.05) is 20.8 Å². The molecule has 3 rings (SSSR count). The summed E-state index contributed by atoms with van der Waals surface area (Å²) < 4.78 is 0. The summed E-state index contributed by atoms with van der Waals surface area (Å²) in [4.78, 5) is 28.2. The standard InChI is InChI=1S/C21H22ClNO3/c1-13-12-21(2,3)18(19(25)16-6-4-5-7-17(16)24)20(26)23(13)15-10-8-14(22)9-11-15/h4-11,13,18,24H,12H2,1-3H3. The highest BCUT2D eigenvalue weighted by atomic mass is 35.5. The fraction of sp³-hybridized carbons (Fsp3) is 0.333. The minimum Gasteiger partial charge on any atom is -0.507 e. The van der Waals surface area contributed by atoms with E-state index in [9.17, 15) is 14.7 Å². The van der Waals surface area contributed by atoms with Gasteiger partial charge in [-0.1, -0.05) is 37.6 Å². The summed E-state index contributed by atoms with van der Waals surface area (Å²) in [6, 6.07) is 13.4. The van der Waals surface area contributed by atoms with Crippen molar-refractivity contribution in [3.8, 4) is 5.75 Å². The van der Waals surface area contributed by atoms with Crippen molar-refractivity contribution in [1.82, 2.24) is 0 Å². The first-order chi connectivity index (χ1) is 12.2. The number of piperidine rings is 1. The number of anilines is 1. The topological polar surface area (TPSA) is 57.6 Å². The predicted molar refractivity (Wildman–Crippen MR) is 103 cm³/mol. The number of carbonyl (C=O) groups is 2. The number of aromatic hydroxyl groups is 1. The normalized spacial score (nSPS) is 22.3. The number of ketones is 1. The van der Waals surface area contributed by atoms with Gasteiger partial charge in [0.2, 0.25) is 5.91 Å². The molecule has 1 amide bonds. The number of benzene rings is 2. The summed E-state index contributed by atoms with van der Waals surface area (Å²) in [5.41, 5.74) is 0.390. The van der Waals surface area contributed by atoms with Crippen LogP contribution in [-0.4, -0.2) is 22.8 Å². The van der Waals surface area contributed by atoms with E-state index in [2.05, 4.69) is 0 Å². The van der Waals surface area contributed by atoms with Gasteiger partial charge in [0.05, 0.1) is 5.56 Å². The number of halogens is 1. The van der Waals surface area contributed by atoms with Crippen molar-refractivity contribution in [2.45, 2.75) is 33.2 Å². The Balaban J connectivity index is 2.03. The largest absolute Gasteiger partial charge is 0.507 e. The Labute approximate surface area is 158 Å². The van der Waals surface area contributed by atoms with Gasteiger partial charge in [0.15, 0.2) is 5.78 Å². The molecule has 2 unspecified atom stereocenters. The zero-order chi connectivity index (χ0) is 19.1. The molecule has 4 nitrogen and oxygen atoms in total. The van der Waals surface area contributed by atoms with Gasteiger partial charge in [0, 0.05) is 16.8 Å². The molecule has 1 aliphatic rings. The molecule has 2 atom stereocenters. The summed E-state index contributed by atoms with van der Waals surface area (Å²) in [7, 11) is 0.